The second kappa shape index (κ2) is 6.15. The Balaban J connectivity index is 1.86. The molecule has 0 radical (unpaired) electrons. The minimum Gasteiger partial charge on any atom is -0.298 e. The van der Waals surface area contributed by atoms with Crippen molar-refractivity contribution in [3.8, 4) is 0 Å². The smallest absolute Gasteiger partial charge is 0.0540 e. The minimum atomic E-state index is 0.759. The van der Waals surface area contributed by atoms with Gasteiger partial charge in [0.25, 0.3) is 0 Å². The number of hydrogen-bond acceptors (Lipinski definition) is 2. The standard InChI is InChI=1S/C15H24N2/c1-13-7-9-15(10-8-13)17(2)12-14-6-4-3-5-11-16-14/h4-6,11,13,15H,3,7-10,12H2,1-2H3. The zero-order valence-corrected chi connectivity index (χ0v) is 11.1. The Morgan fingerprint density at radius 1 is 1.24 bits per heavy atom. The van der Waals surface area contributed by atoms with Crippen molar-refractivity contribution in [2.24, 2.45) is 10.9 Å². The highest BCUT2D eigenvalue weighted by Gasteiger charge is 2.21. The molecule has 0 unspecified atom stereocenters. The summed E-state index contributed by atoms with van der Waals surface area (Å²) in [6.07, 6.45) is 14.9. The van der Waals surface area contributed by atoms with Crippen molar-refractivity contribution < 1.29 is 0 Å². The van der Waals surface area contributed by atoms with Crippen LogP contribution in [0.25, 0.3) is 0 Å². The van der Waals surface area contributed by atoms with Crippen LogP contribution in [0, 0.1) is 5.92 Å². The van der Waals surface area contributed by atoms with Crippen LogP contribution in [-0.4, -0.2) is 30.2 Å². The molecule has 17 heavy (non-hydrogen) atoms. The predicted octanol–water partition coefficient (Wildman–Crippen LogP) is 3.41. The average Bonchev–Trinajstić information content (AvgIpc) is 2.58. The quantitative estimate of drug-likeness (QED) is 0.728. The molecule has 1 aliphatic heterocycles. The van der Waals surface area contributed by atoms with E-state index in [-0.39, 0.29) is 0 Å². The van der Waals surface area contributed by atoms with Gasteiger partial charge in [-0.25, -0.2) is 0 Å². The normalized spacial score (nSPS) is 29.2. The lowest BCUT2D eigenvalue weighted by molar-refractivity contribution is 0.189. The van der Waals surface area contributed by atoms with Crippen LogP contribution in [0.3, 0.4) is 0 Å². The van der Waals surface area contributed by atoms with Crippen molar-refractivity contribution in [3.63, 3.8) is 0 Å². The fraction of sp³-hybridized carbons (Fsp3) is 0.667. The Bertz CT molecular complexity index is 320. The van der Waals surface area contributed by atoms with Crippen LogP contribution in [0.5, 0.6) is 0 Å². The minimum absolute atomic E-state index is 0.759. The molecule has 2 aliphatic rings. The van der Waals surface area contributed by atoms with Gasteiger partial charge in [-0.3, -0.25) is 9.89 Å². The number of nitrogens with zero attached hydrogens (tertiary/aromatic N) is 2. The van der Waals surface area contributed by atoms with Crippen LogP contribution in [0.4, 0.5) is 0 Å². The molecular formula is C15H24N2. The van der Waals surface area contributed by atoms with Gasteiger partial charge in [0.15, 0.2) is 0 Å². The van der Waals surface area contributed by atoms with E-state index in [1.807, 2.05) is 6.20 Å². The van der Waals surface area contributed by atoms with Crippen molar-refractivity contribution >= 4 is 5.71 Å². The molecule has 2 heteroatoms. The van der Waals surface area contributed by atoms with Gasteiger partial charge >= 0.3 is 0 Å². The van der Waals surface area contributed by atoms with Crippen LogP contribution in [0.15, 0.2) is 29.4 Å². The van der Waals surface area contributed by atoms with E-state index in [2.05, 4.69) is 42.1 Å². The Morgan fingerprint density at radius 3 is 2.76 bits per heavy atom. The summed E-state index contributed by atoms with van der Waals surface area (Å²) in [6, 6.07) is 0.759. The topological polar surface area (TPSA) is 15.6 Å². The van der Waals surface area contributed by atoms with Gasteiger partial charge in [0, 0.05) is 18.8 Å². The lowest BCUT2D eigenvalue weighted by atomic mass is 9.87. The molecule has 0 amide bonds. The maximum atomic E-state index is 4.48. The third kappa shape index (κ3) is 3.81. The summed E-state index contributed by atoms with van der Waals surface area (Å²) in [7, 11) is 2.24. The lowest BCUT2D eigenvalue weighted by Crippen LogP contribution is -2.37. The van der Waals surface area contributed by atoms with E-state index < -0.39 is 0 Å². The molecule has 0 saturated heterocycles. The third-order valence-electron chi connectivity index (χ3n) is 3.95. The third-order valence-corrected chi connectivity index (χ3v) is 3.95. The highest BCUT2D eigenvalue weighted by Crippen LogP contribution is 2.26. The summed E-state index contributed by atoms with van der Waals surface area (Å²) in [6.45, 7) is 3.36. The van der Waals surface area contributed by atoms with Crippen LogP contribution < -0.4 is 0 Å². The number of rotatable bonds is 3. The fourth-order valence-corrected chi connectivity index (χ4v) is 2.70. The number of hydrogen-bond donors (Lipinski definition) is 0. The molecule has 0 bridgehead atoms. The molecule has 0 spiro atoms. The molecule has 1 fully saturated rings. The van der Waals surface area contributed by atoms with E-state index >= 15 is 0 Å². The van der Waals surface area contributed by atoms with Gasteiger partial charge in [0.05, 0.1) is 5.71 Å². The van der Waals surface area contributed by atoms with Crippen LogP contribution in [-0.2, 0) is 0 Å². The van der Waals surface area contributed by atoms with E-state index in [1.54, 1.807) is 0 Å². The van der Waals surface area contributed by atoms with E-state index in [1.165, 1.54) is 31.4 Å². The molecule has 2 nitrogen and oxygen atoms in total. The Morgan fingerprint density at radius 2 is 2.00 bits per heavy atom. The first kappa shape index (κ1) is 12.6. The lowest BCUT2D eigenvalue weighted by Gasteiger charge is -2.33. The zero-order valence-electron chi connectivity index (χ0n) is 11.1. The first-order valence-corrected chi connectivity index (χ1v) is 6.84. The molecule has 0 aromatic carbocycles. The Kier molecular flexibility index (Phi) is 4.55. The summed E-state index contributed by atoms with van der Waals surface area (Å²) < 4.78 is 0. The molecule has 94 valence electrons. The van der Waals surface area contributed by atoms with Crippen molar-refractivity contribution in [3.05, 3.63) is 24.4 Å². The molecule has 0 aromatic rings. The first-order chi connectivity index (χ1) is 8.25. The Labute approximate surface area is 105 Å². The maximum absolute atomic E-state index is 4.48. The fourth-order valence-electron chi connectivity index (χ4n) is 2.70. The van der Waals surface area contributed by atoms with Crippen molar-refractivity contribution in [1.82, 2.24) is 4.90 Å². The summed E-state index contributed by atoms with van der Waals surface area (Å²) in [5, 5.41) is 0. The zero-order chi connectivity index (χ0) is 12.1. The highest BCUT2D eigenvalue weighted by atomic mass is 15.1. The van der Waals surface area contributed by atoms with Gasteiger partial charge in [-0.1, -0.05) is 19.1 Å². The number of allylic oxidation sites excluding steroid dienone is 2. The van der Waals surface area contributed by atoms with Gasteiger partial charge in [-0.15, -0.1) is 0 Å². The van der Waals surface area contributed by atoms with Crippen LogP contribution in [0.1, 0.15) is 39.0 Å². The molecule has 0 N–H and O–H groups in total. The molecular weight excluding hydrogens is 208 g/mol. The van der Waals surface area contributed by atoms with E-state index in [0.717, 1.165) is 24.9 Å². The highest BCUT2D eigenvalue weighted by molar-refractivity contribution is 5.97. The second-order valence-corrected chi connectivity index (χ2v) is 5.47. The van der Waals surface area contributed by atoms with Gasteiger partial charge in [0.2, 0.25) is 0 Å². The Hall–Kier alpha value is -0.890. The average molecular weight is 232 g/mol. The SMILES string of the molecule is CC1CCC(N(C)CC2=NC=CCC=C2)CC1. The molecule has 1 heterocycles. The summed E-state index contributed by atoms with van der Waals surface area (Å²) in [5.74, 6) is 0.928. The van der Waals surface area contributed by atoms with E-state index in [9.17, 15) is 0 Å². The van der Waals surface area contributed by atoms with Gasteiger partial charge in [0.1, 0.15) is 0 Å². The second-order valence-electron chi connectivity index (χ2n) is 5.47. The van der Waals surface area contributed by atoms with Crippen LogP contribution in [0.2, 0.25) is 0 Å². The number of aliphatic imine (C=N–C) groups is 1. The molecule has 2 rings (SSSR count). The summed E-state index contributed by atoms with van der Waals surface area (Å²) in [5.41, 5.74) is 1.19. The molecule has 0 aromatic heterocycles. The summed E-state index contributed by atoms with van der Waals surface area (Å²) in [4.78, 5) is 6.96. The monoisotopic (exact) mass is 232 g/mol. The first-order valence-electron chi connectivity index (χ1n) is 6.84. The summed E-state index contributed by atoms with van der Waals surface area (Å²) >= 11 is 0. The van der Waals surface area contributed by atoms with Crippen molar-refractivity contribution in [2.75, 3.05) is 13.6 Å². The van der Waals surface area contributed by atoms with Crippen molar-refractivity contribution in [2.45, 2.75) is 45.1 Å². The van der Waals surface area contributed by atoms with E-state index in [0.29, 0.717) is 0 Å². The van der Waals surface area contributed by atoms with Gasteiger partial charge in [-0.05, 0) is 51.1 Å². The van der Waals surface area contributed by atoms with Gasteiger partial charge < -0.3 is 0 Å². The maximum Gasteiger partial charge on any atom is 0.0540 e. The van der Waals surface area contributed by atoms with E-state index in [4.69, 9.17) is 0 Å². The predicted molar refractivity (Wildman–Crippen MR) is 74.4 cm³/mol. The molecule has 1 saturated carbocycles. The largest absolute Gasteiger partial charge is 0.298 e. The van der Waals surface area contributed by atoms with Crippen molar-refractivity contribution in [1.29, 1.82) is 0 Å². The van der Waals surface area contributed by atoms with Gasteiger partial charge in [-0.2, -0.15) is 0 Å². The van der Waals surface area contributed by atoms with Crippen LogP contribution >= 0.6 is 0 Å². The molecule has 1 aliphatic carbocycles. The molecule has 0 atom stereocenters.